The molecule has 0 saturated carbocycles. The lowest BCUT2D eigenvalue weighted by Crippen LogP contribution is -2.48. The van der Waals surface area contributed by atoms with E-state index in [0.717, 1.165) is 25.8 Å². The summed E-state index contributed by atoms with van der Waals surface area (Å²) in [5, 5.41) is 24.2. The zero-order chi connectivity index (χ0) is 15.6. The van der Waals surface area contributed by atoms with Gasteiger partial charge in [0.25, 0.3) is 0 Å². The third kappa shape index (κ3) is 8.12. The Morgan fingerprint density at radius 1 is 1.20 bits per heavy atom. The minimum absolute atomic E-state index is 0.0330. The fraction of sp³-hybridized carbons (Fsp3) is 0.857. The SMILES string of the molecule is CCCCCNCC(C)(C)[C@@H](O)C(=O)NCCC(=O)O. The van der Waals surface area contributed by atoms with Crippen LogP contribution in [0.15, 0.2) is 0 Å². The second-order valence-electron chi connectivity index (χ2n) is 5.71. The van der Waals surface area contributed by atoms with Gasteiger partial charge in [-0.25, -0.2) is 0 Å². The van der Waals surface area contributed by atoms with Gasteiger partial charge in [-0.2, -0.15) is 0 Å². The molecule has 0 aromatic rings. The number of unbranched alkanes of at least 4 members (excludes halogenated alkanes) is 2. The van der Waals surface area contributed by atoms with E-state index in [2.05, 4.69) is 17.6 Å². The smallest absolute Gasteiger partial charge is 0.305 e. The fourth-order valence-electron chi connectivity index (χ4n) is 1.75. The van der Waals surface area contributed by atoms with Crippen LogP contribution in [-0.4, -0.2) is 47.8 Å². The van der Waals surface area contributed by atoms with Crippen molar-refractivity contribution in [2.75, 3.05) is 19.6 Å². The highest BCUT2D eigenvalue weighted by Crippen LogP contribution is 2.19. The predicted octanol–water partition coefficient (Wildman–Crippen LogP) is 0.744. The first-order chi connectivity index (χ1) is 9.31. The van der Waals surface area contributed by atoms with Crippen LogP contribution in [-0.2, 0) is 9.59 Å². The summed E-state index contributed by atoms with van der Waals surface area (Å²) < 4.78 is 0. The molecular formula is C14H28N2O4. The molecule has 0 aromatic carbocycles. The number of rotatable bonds is 11. The fourth-order valence-corrected chi connectivity index (χ4v) is 1.75. The van der Waals surface area contributed by atoms with Crippen molar-refractivity contribution in [2.45, 2.75) is 52.6 Å². The van der Waals surface area contributed by atoms with E-state index in [0.29, 0.717) is 6.54 Å². The average molecular weight is 288 g/mol. The van der Waals surface area contributed by atoms with Crippen molar-refractivity contribution in [3.8, 4) is 0 Å². The first-order valence-corrected chi connectivity index (χ1v) is 7.19. The predicted molar refractivity (Wildman–Crippen MR) is 77.4 cm³/mol. The normalized spacial score (nSPS) is 13.0. The summed E-state index contributed by atoms with van der Waals surface area (Å²) in [6.45, 7) is 7.18. The maximum absolute atomic E-state index is 11.7. The molecule has 6 nitrogen and oxygen atoms in total. The van der Waals surface area contributed by atoms with Gasteiger partial charge in [0.15, 0.2) is 0 Å². The Morgan fingerprint density at radius 3 is 2.40 bits per heavy atom. The molecule has 0 radical (unpaired) electrons. The maximum Gasteiger partial charge on any atom is 0.305 e. The van der Waals surface area contributed by atoms with Crippen LogP contribution in [0.25, 0.3) is 0 Å². The molecule has 0 saturated heterocycles. The maximum atomic E-state index is 11.7. The molecule has 0 aliphatic rings. The molecule has 0 aliphatic carbocycles. The number of hydrogen-bond acceptors (Lipinski definition) is 4. The number of carbonyl (C=O) groups excluding carboxylic acids is 1. The van der Waals surface area contributed by atoms with Crippen molar-refractivity contribution in [3.63, 3.8) is 0 Å². The monoisotopic (exact) mass is 288 g/mol. The average Bonchev–Trinajstić information content (AvgIpc) is 2.36. The van der Waals surface area contributed by atoms with Crippen LogP contribution in [0.5, 0.6) is 0 Å². The summed E-state index contributed by atoms with van der Waals surface area (Å²) in [7, 11) is 0. The van der Waals surface area contributed by atoms with Gasteiger partial charge in [0.05, 0.1) is 6.42 Å². The summed E-state index contributed by atoms with van der Waals surface area (Å²) in [5.41, 5.74) is -0.598. The number of nitrogens with one attached hydrogen (secondary N) is 2. The van der Waals surface area contributed by atoms with E-state index in [-0.39, 0.29) is 13.0 Å². The number of carboxylic acid groups (broad SMARTS) is 1. The van der Waals surface area contributed by atoms with Crippen molar-refractivity contribution in [2.24, 2.45) is 5.41 Å². The minimum atomic E-state index is -1.16. The molecule has 0 heterocycles. The summed E-state index contributed by atoms with van der Waals surface area (Å²) >= 11 is 0. The molecule has 6 heteroatoms. The molecule has 20 heavy (non-hydrogen) atoms. The summed E-state index contributed by atoms with van der Waals surface area (Å²) in [5.74, 6) is -1.50. The van der Waals surface area contributed by atoms with Crippen molar-refractivity contribution in [1.82, 2.24) is 10.6 Å². The van der Waals surface area contributed by atoms with E-state index in [4.69, 9.17) is 5.11 Å². The molecule has 0 spiro atoms. The molecule has 0 aromatic heterocycles. The number of aliphatic hydroxyl groups is 1. The van der Waals surface area contributed by atoms with Gasteiger partial charge in [0.2, 0.25) is 5.91 Å². The van der Waals surface area contributed by atoms with Crippen LogP contribution in [0, 0.1) is 5.41 Å². The summed E-state index contributed by atoms with van der Waals surface area (Å²) in [4.78, 5) is 22.1. The lowest BCUT2D eigenvalue weighted by molar-refractivity contribution is -0.137. The molecule has 1 atom stereocenters. The quantitative estimate of drug-likeness (QED) is 0.420. The van der Waals surface area contributed by atoms with Crippen LogP contribution in [0.4, 0.5) is 0 Å². The highest BCUT2D eigenvalue weighted by atomic mass is 16.4. The minimum Gasteiger partial charge on any atom is -0.481 e. The van der Waals surface area contributed by atoms with E-state index in [9.17, 15) is 14.7 Å². The Balaban J connectivity index is 4.04. The van der Waals surface area contributed by atoms with Crippen molar-refractivity contribution in [3.05, 3.63) is 0 Å². The molecule has 1 amide bonds. The number of carboxylic acids is 1. The standard InChI is InChI=1S/C14H28N2O4/c1-4-5-6-8-15-10-14(2,3)12(19)13(20)16-9-7-11(17)18/h12,15,19H,4-10H2,1-3H3,(H,16,20)(H,17,18)/t12-/m0/s1. The molecule has 0 rings (SSSR count). The first-order valence-electron chi connectivity index (χ1n) is 7.19. The van der Waals surface area contributed by atoms with Gasteiger partial charge in [0, 0.05) is 18.5 Å². The molecule has 0 aliphatic heterocycles. The topological polar surface area (TPSA) is 98.7 Å². The van der Waals surface area contributed by atoms with Gasteiger partial charge < -0.3 is 20.8 Å². The molecular weight excluding hydrogens is 260 g/mol. The molecule has 0 unspecified atom stereocenters. The lowest BCUT2D eigenvalue weighted by atomic mass is 9.85. The van der Waals surface area contributed by atoms with Gasteiger partial charge in [-0.15, -0.1) is 0 Å². The Bertz CT molecular complexity index is 306. The van der Waals surface area contributed by atoms with Crippen LogP contribution < -0.4 is 10.6 Å². The Hall–Kier alpha value is -1.14. The van der Waals surface area contributed by atoms with Crippen molar-refractivity contribution in [1.29, 1.82) is 0 Å². The van der Waals surface area contributed by atoms with Gasteiger partial charge in [0.1, 0.15) is 6.10 Å². The molecule has 0 bridgehead atoms. The van der Waals surface area contributed by atoms with Gasteiger partial charge in [-0.1, -0.05) is 33.6 Å². The Morgan fingerprint density at radius 2 is 1.85 bits per heavy atom. The Kier molecular flexibility index (Phi) is 9.16. The highest BCUT2D eigenvalue weighted by molar-refractivity contribution is 5.81. The van der Waals surface area contributed by atoms with Crippen molar-refractivity contribution < 1.29 is 19.8 Å². The number of aliphatic carboxylic acids is 1. The van der Waals surface area contributed by atoms with Crippen molar-refractivity contribution >= 4 is 11.9 Å². The van der Waals surface area contributed by atoms with Crippen LogP contribution >= 0.6 is 0 Å². The van der Waals surface area contributed by atoms with Gasteiger partial charge >= 0.3 is 5.97 Å². The molecule has 118 valence electrons. The van der Waals surface area contributed by atoms with Gasteiger partial charge in [-0.05, 0) is 13.0 Å². The first kappa shape index (κ1) is 18.9. The Labute approximate surface area is 120 Å². The lowest BCUT2D eigenvalue weighted by Gasteiger charge is -2.30. The molecule has 0 fully saturated rings. The third-order valence-electron chi connectivity index (χ3n) is 3.16. The largest absolute Gasteiger partial charge is 0.481 e. The van der Waals surface area contributed by atoms with Crippen LogP contribution in [0.2, 0.25) is 0 Å². The van der Waals surface area contributed by atoms with Crippen LogP contribution in [0.3, 0.4) is 0 Å². The zero-order valence-electron chi connectivity index (χ0n) is 12.7. The second-order valence-corrected chi connectivity index (χ2v) is 5.71. The summed E-state index contributed by atoms with van der Waals surface area (Å²) in [6.07, 6.45) is 2.09. The number of aliphatic hydroxyl groups excluding tert-OH is 1. The van der Waals surface area contributed by atoms with Gasteiger partial charge in [-0.3, -0.25) is 9.59 Å². The molecule has 4 N–H and O–H groups in total. The van der Waals surface area contributed by atoms with E-state index in [1.54, 1.807) is 13.8 Å². The van der Waals surface area contributed by atoms with Crippen LogP contribution in [0.1, 0.15) is 46.5 Å². The number of hydrogen-bond donors (Lipinski definition) is 4. The van der Waals surface area contributed by atoms with E-state index in [1.165, 1.54) is 0 Å². The number of amides is 1. The van der Waals surface area contributed by atoms with E-state index >= 15 is 0 Å². The summed E-state index contributed by atoms with van der Waals surface area (Å²) in [6, 6.07) is 0. The zero-order valence-corrected chi connectivity index (χ0v) is 12.7. The third-order valence-corrected chi connectivity index (χ3v) is 3.16. The van der Waals surface area contributed by atoms with E-state index < -0.39 is 23.4 Å². The highest BCUT2D eigenvalue weighted by Gasteiger charge is 2.32. The second kappa shape index (κ2) is 9.72. The van der Waals surface area contributed by atoms with E-state index in [1.807, 2.05) is 0 Å². The number of carbonyl (C=O) groups is 2.